The van der Waals surface area contributed by atoms with E-state index in [4.69, 9.17) is 22.1 Å². The van der Waals surface area contributed by atoms with E-state index in [1.54, 1.807) is 18.5 Å². The third-order valence-corrected chi connectivity index (χ3v) is 5.18. The largest absolute Gasteiger partial charge is 0.508 e. The van der Waals surface area contributed by atoms with Crippen molar-refractivity contribution in [2.24, 2.45) is 0 Å². The molecule has 0 saturated carbocycles. The van der Waals surface area contributed by atoms with Crippen LogP contribution in [0.1, 0.15) is 22.6 Å². The van der Waals surface area contributed by atoms with Gasteiger partial charge in [-0.1, -0.05) is 34.8 Å². The number of hydrogen-bond donors (Lipinski definition) is 2. The normalized spacial score (nSPS) is 15.1. The monoisotopic (exact) mass is 397 g/mol. The number of aromatic hydroxyl groups is 1. The summed E-state index contributed by atoms with van der Waals surface area (Å²) in [4.78, 5) is 6.61. The Kier molecular flexibility index (Phi) is 4.83. The Bertz CT molecular complexity index is 1020. The fraction of sp³-hybridized carbons (Fsp3) is 0.238. The van der Waals surface area contributed by atoms with Crippen LogP contribution >= 0.6 is 11.6 Å². The number of phenolic OH excluding ortho intramolecular Hbond substituents is 1. The molecule has 0 spiro atoms. The van der Waals surface area contributed by atoms with E-state index in [2.05, 4.69) is 9.88 Å². The highest BCUT2D eigenvalue weighted by molar-refractivity contribution is 6.30. The molecule has 1 aliphatic rings. The number of anilines is 1. The van der Waals surface area contributed by atoms with Gasteiger partial charge in [0.2, 0.25) is 12.1 Å². The Balaban J connectivity index is 1.89. The molecule has 1 atom stereocenters. The SMILES string of the molecule is CN(C)CC[n+]1cnc2c(c1N)[C@H](c1ccc(Cl)cc1)c1ccc(O)cc1O2. The average Bonchev–Trinajstić information content (AvgIpc) is 2.66. The van der Waals surface area contributed by atoms with E-state index in [1.165, 1.54) is 0 Å². The van der Waals surface area contributed by atoms with Crippen molar-refractivity contribution in [2.45, 2.75) is 12.5 Å². The zero-order valence-electron chi connectivity index (χ0n) is 15.8. The molecular weight excluding hydrogens is 376 g/mol. The summed E-state index contributed by atoms with van der Waals surface area (Å²) in [5, 5.41) is 10.6. The maximum atomic E-state index is 9.90. The van der Waals surface area contributed by atoms with Gasteiger partial charge in [0.25, 0.3) is 0 Å². The van der Waals surface area contributed by atoms with Crippen LogP contribution in [0.2, 0.25) is 5.02 Å². The smallest absolute Gasteiger partial charge is 0.306 e. The van der Waals surface area contributed by atoms with Gasteiger partial charge in [-0.15, -0.1) is 0 Å². The standard InChI is InChI=1S/C21H21ClN4O2/c1-25(2)9-10-26-12-24-21-19(20(26)23)18(13-3-5-14(22)6-4-13)16-8-7-15(27)11-17(16)28-21/h3-8,11-12,18,23,27H,9-10H2,1-2H3/p+1/t18-/m1/s1. The third kappa shape index (κ3) is 3.37. The Morgan fingerprint density at radius 3 is 2.68 bits per heavy atom. The van der Waals surface area contributed by atoms with Crippen LogP contribution in [-0.4, -0.2) is 35.6 Å². The van der Waals surface area contributed by atoms with E-state index in [9.17, 15) is 5.11 Å². The van der Waals surface area contributed by atoms with Gasteiger partial charge in [0, 0.05) is 23.2 Å². The fourth-order valence-electron chi connectivity index (χ4n) is 3.47. The molecule has 6 nitrogen and oxygen atoms in total. The van der Waals surface area contributed by atoms with Crippen LogP contribution in [0.3, 0.4) is 0 Å². The predicted molar refractivity (Wildman–Crippen MR) is 108 cm³/mol. The summed E-state index contributed by atoms with van der Waals surface area (Å²) >= 11 is 6.10. The molecule has 7 heteroatoms. The predicted octanol–water partition coefficient (Wildman–Crippen LogP) is 3.16. The molecule has 144 valence electrons. The molecular formula is C21H22ClN4O2+. The summed E-state index contributed by atoms with van der Waals surface area (Å²) < 4.78 is 7.94. The van der Waals surface area contributed by atoms with E-state index < -0.39 is 0 Å². The van der Waals surface area contributed by atoms with Gasteiger partial charge < -0.3 is 20.5 Å². The van der Waals surface area contributed by atoms with E-state index in [-0.39, 0.29) is 11.7 Å². The summed E-state index contributed by atoms with van der Waals surface area (Å²) in [5.41, 5.74) is 9.36. The van der Waals surface area contributed by atoms with Gasteiger partial charge in [-0.3, -0.25) is 0 Å². The van der Waals surface area contributed by atoms with Gasteiger partial charge >= 0.3 is 5.88 Å². The topological polar surface area (TPSA) is 75.5 Å². The van der Waals surface area contributed by atoms with Crippen LogP contribution in [0, 0.1) is 0 Å². The van der Waals surface area contributed by atoms with Gasteiger partial charge in [0.05, 0.1) is 12.5 Å². The number of benzene rings is 2. The maximum Gasteiger partial charge on any atom is 0.306 e. The number of nitrogens with two attached hydrogens (primary N) is 1. The highest BCUT2D eigenvalue weighted by Crippen LogP contribution is 2.48. The number of fused-ring (bicyclic) bond motifs is 2. The minimum atomic E-state index is -0.170. The van der Waals surface area contributed by atoms with Crippen LogP contribution in [0.15, 0.2) is 48.8 Å². The number of nitrogen functional groups attached to an aromatic ring is 1. The lowest BCUT2D eigenvalue weighted by molar-refractivity contribution is -0.685. The summed E-state index contributed by atoms with van der Waals surface area (Å²) in [7, 11) is 4.04. The minimum absolute atomic E-state index is 0.141. The molecule has 0 fully saturated rings. The lowest BCUT2D eigenvalue weighted by Gasteiger charge is -2.27. The molecule has 3 aromatic rings. The van der Waals surface area contributed by atoms with E-state index in [0.717, 1.165) is 29.8 Å². The van der Waals surface area contributed by atoms with Crippen LogP contribution in [0.5, 0.6) is 17.4 Å². The van der Waals surface area contributed by atoms with Crippen LogP contribution in [-0.2, 0) is 6.54 Å². The Morgan fingerprint density at radius 2 is 1.96 bits per heavy atom. The Morgan fingerprint density at radius 1 is 1.21 bits per heavy atom. The van der Waals surface area contributed by atoms with Crippen LogP contribution < -0.4 is 15.0 Å². The first-order valence-corrected chi connectivity index (χ1v) is 9.40. The highest BCUT2D eigenvalue weighted by Gasteiger charge is 2.36. The van der Waals surface area contributed by atoms with Gasteiger partial charge in [0.15, 0.2) is 0 Å². The molecule has 1 aliphatic heterocycles. The van der Waals surface area contributed by atoms with Crippen molar-refractivity contribution in [1.82, 2.24) is 9.88 Å². The second-order valence-electron chi connectivity index (χ2n) is 7.15. The van der Waals surface area contributed by atoms with Crippen molar-refractivity contribution in [3.63, 3.8) is 0 Å². The summed E-state index contributed by atoms with van der Waals surface area (Å²) in [6, 6.07) is 12.8. The average molecular weight is 398 g/mol. The van der Waals surface area contributed by atoms with Crippen molar-refractivity contribution >= 4 is 17.4 Å². The first-order valence-electron chi connectivity index (χ1n) is 9.03. The van der Waals surface area contributed by atoms with Crippen LogP contribution in [0.4, 0.5) is 5.82 Å². The van der Waals surface area contributed by atoms with Crippen molar-refractivity contribution in [3.8, 4) is 17.4 Å². The Labute approximate surface area is 168 Å². The first kappa shape index (κ1) is 18.5. The molecule has 0 radical (unpaired) electrons. The molecule has 0 unspecified atom stereocenters. The molecule has 28 heavy (non-hydrogen) atoms. The maximum absolute atomic E-state index is 9.90. The summed E-state index contributed by atoms with van der Waals surface area (Å²) in [6.07, 6.45) is 1.70. The third-order valence-electron chi connectivity index (χ3n) is 4.93. The van der Waals surface area contributed by atoms with E-state index in [1.807, 2.05) is 49.0 Å². The summed E-state index contributed by atoms with van der Waals surface area (Å²) in [5.74, 6) is 1.62. The number of likely N-dealkylation sites (N-methyl/N-ethyl adjacent to an activating group) is 1. The lowest BCUT2D eigenvalue weighted by atomic mass is 9.83. The van der Waals surface area contributed by atoms with Crippen molar-refractivity contribution < 1.29 is 14.4 Å². The van der Waals surface area contributed by atoms with Gasteiger partial charge in [-0.25, -0.2) is 4.57 Å². The minimum Gasteiger partial charge on any atom is -0.508 e. The molecule has 0 aliphatic carbocycles. The number of phenols is 1. The zero-order chi connectivity index (χ0) is 19.8. The molecule has 2 aromatic carbocycles. The number of halogens is 1. The number of ether oxygens (including phenoxy) is 1. The second kappa shape index (κ2) is 7.30. The van der Waals surface area contributed by atoms with E-state index in [0.29, 0.717) is 22.5 Å². The number of nitrogens with zero attached hydrogens (tertiary/aromatic N) is 3. The molecule has 2 heterocycles. The van der Waals surface area contributed by atoms with E-state index >= 15 is 0 Å². The molecule has 0 amide bonds. The van der Waals surface area contributed by atoms with Crippen molar-refractivity contribution in [1.29, 1.82) is 0 Å². The molecule has 0 saturated heterocycles. The molecule has 0 bridgehead atoms. The van der Waals surface area contributed by atoms with Crippen LogP contribution in [0.25, 0.3) is 0 Å². The number of rotatable bonds is 4. The highest BCUT2D eigenvalue weighted by atomic mass is 35.5. The van der Waals surface area contributed by atoms with Crippen molar-refractivity contribution in [2.75, 3.05) is 26.4 Å². The van der Waals surface area contributed by atoms with Gasteiger partial charge in [-0.2, -0.15) is 0 Å². The first-order chi connectivity index (χ1) is 13.4. The lowest BCUT2D eigenvalue weighted by Crippen LogP contribution is -2.43. The number of hydrogen-bond acceptors (Lipinski definition) is 5. The Hall–Kier alpha value is -2.83. The van der Waals surface area contributed by atoms with Crippen molar-refractivity contribution in [3.05, 3.63) is 70.5 Å². The second-order valence-corrected chi connectivity index (χ2v) is 7.59. The summed E-state index contributed by atoms with van der Waals surface area (Å²) in [6.45, 7) is 1.56. The zero-order valence-corrected chi connectivity index (χ0v) is 16.5. The molecule has 1 aromatic heterocycles. The molecule has 4 rings (SSSR count). The van der Waals surface area contributed by atoms with Gasteiger partial charge in [0.1, 0.15) is 17.1 Å². The quantitative estimate of drug-likeness (QED) is 0.517. The fourth-order valence-corrected chi connectivity index (χ4v) is 3.59. The van der Waals surface area contributed by atoms with Gasteiger partial charge in [-0.05, 0) is 37.9 Å². The molecule has 3 N–H and O–H groups in total. The number of aromatic nitrogens is 2.